The maximum absolute atomic E-state index is 13.7. The lowest BCUT2D eigenvalue weighted by Gasteiger charge is -2.32. The summed E-state index contributed by atoms with van der Waals surface area (Å²) < 4.78 is 51.4. The van der Waals surface area contributed by atoms with E-state index in [2.05, 4.69) is 5.32 Å². The van der Waals surface area contributed by atoms with Crippen LogP contribution in [0.2, 0.25) is 0 Å². The van der Waals surface area contributed by atoms with Crippen LogP contribution in [0.5, 0.6) is 0 Å². The van der Waals surface area contributed by atoms with Crippen molar-refractivity contribution in [1.82, 2.24) is 10.2 Å². The van der Waals surface area contributed by atoms with Crippen molar-refractivity contribution in [3.05, 3.63) is 35.1 Å². The maximum atomic E-state index is 13.7. The summed E-state index contributed by atoms with van der Waals surface area (Å²) in [5, 5.41) is 11.2. The largest absolute Gasteiger partial charge is 0.391 e. The van der Waals surface area contributed by atoms with Crippen LogP contribution in [0.3, 0.4) is 0 Å². The van der Waals surface area contributed by atoms with E-state index in [0.29, 0.717) is 0 Å². The van der Waals surface area contributed by atoms with Gasteiger partial charge in [-0.2, -0.15) is 18.4 Å². The number of alkyl halides is 3. The molecule has 130 valence electrons. The first-order valence-electron chi connectivity index (χ1n) is 7.54. The molecule has 0 unspecified atom stereocenters. The van der Waals surface area contributed by atoms with Crippen LogP contribution in [0.4, 0.5) is 17.6 Å². The maximum Gasteiger partial charge on any atom is 0.391 e. The highest BCUT2D eigenvalue weighted by Gasteiger charge is 2.41. The summed E-state index contributed by atoms with van der Waals surface area (Å²) >= 11 is 0. The molecule has 0 atom stereocenters. The van der Waals surface area contributed by atoms with Gasteiger partial charge >= 0.3 is 6.18 Å². The second kappa shape index (κ2) is 7.62. The normalized spacial score (nSPS) is 16.6. The van der Waals surface area contributed by atoms with Crippen LogP contribution >= 0.6 is 0 Å². The Morgan fingerprint density at radius 1 is 1.33 bits per heavy atom. The van der Waals surface area contributed by atoms with Crippen LogP contribution in [0.1, 0.15) is 24.0 Å². The average Bonchev–Trinajstić information content (AvgIpc) is 2.53. The second-order valence-corrected chi connectivity index (χ2v) is 5.79. The van der Waals surface area contributed by atoms with Crippen molar-refractivity contribution in [3.8, 4) is 6.07 Å². The Labute approximate surface area is 137 Å². The van der Waals surface area contributed by atoms with Gasteiger partial charge in [-0.1, -0.05) is 6.07 Å². The fourth-order valence-electron chi connectivity index (χ4n) is 2.63. The predicted octanol–water partition coefficient (Wildman–Crippen LogP) is 2.59. The van der Waals surface area contributed by atoms with E-state index < -0.39 is 17.9 Å². The number of benzene rings is 1. The minimum Gasteiger partial charge on any atom is -0.351 e. The fraction of sp³-hybridized carbons (Fsp3) is 0.500. The molecule has 0 radical (unpaired) electrons. The fourth-order valence-corrected chi connectivity index (χ4v) is 2.63. The number of halogens is 4. The van der Waals surface area contributed by atoms with Crippen LogP contribution in [0.15, 0.2) is 18.2 Å². The summed E-state index contributed by atoms with van der Waals surface area (Å²) in [5.74, 6) is -2.26. The molecule has 0 spiro atoms. The summed E-state index contributed by atoms with van der Waals surface area (Å²) in [5.41, 5.74) is 0.438. The van der Waals surface area contributed by atoms with Crippen molar-refractivity contribution >= 4 is 5.91 Å². The molecule has 1 fully saturated rings. The average molecular weight is 343 g/mol. The van der Waals surface area contributed by atoms with Gasteiger partial charge in [0.05, 0.1) is 24.1 Å². The van der Waals surface area contributed by atoms with E-state index in [4.69, 9.17) is 5.26 Å². The van der Waals surface area contributed by atoms with E-state index >= 15 is 0 Å². The van der Waals surface area contributed by atoms with E-state index in [-0.39, 0.29) is 56.1 Å². The Balaban J connectivity index is 1.78. The van der Waals surface area contributed by atoms with Gasteiger partial charge in [-0.3, -0.25) is 9.69 Å². The van der Waals surface area contributed by atoms with E-state index in [0.717, 1.165) is 6.07 Å². The Morgan fingerprint density at radius 2 is 2.00 bits per heavy atom. The molecule has 2 rings (SSSR count). The third-order valence-corrected chi connectivity index (χ3v) is 4.08. The standard InChI is InChI=1S/C16H17F4N3O/c17-14-7-11(8-21)1-2-12(14)9-22-15(24)10-23-5-3-13(4-6-23)16(18,19)20/h1-2,7,13H,3-6,9-10H2,(H,22,24). The van der Waals surface area contributed by atoms with Crippen LogP contribution in [-0.2, 0) is 11.3 Å². The van der Waals surface area contributed by atoms with Crippen molar-refractivity contribution in [2.24, 2.45) is 5.92 Å². The molecule has 1 aliphatic heterocycles. The number of piperidine rings is 1. The van der Waals surface area contributed by atoms with Gasteiger partial charge in [0, 0.05) is 12.1 Å². The molecule has 0 aliphatic carbocycles. The highest BCUT2D eigenvalue weighted by Crippen LogP contribution is 2.33. The van der Waals surface area contributed by atoms with Crippen molar-refractivity contribution in [2.75, 3.05) is 19.6 Å². The third-order valence-electron chi connectivity index (χ3n) is 4.08. The molecule has 1 saturated heterocycles. The molecule has 1 amide bonds. The molecular weight excluding hydrogens is 326 g/mol. The van der Waals surface area contributed by atoms with E-state index in [1.807, 2.05) is 6.07 Å². The van der Waals surface area contributed by atoms with Gasteiger partial charge in [-0.15, -0.1) is 0 Å². The monoisotopic (exact) mass is 343 g/mol. The molecule has 1 aliphatic rings. The molecule has 1 heterocycles. The summed E-state index contributed by atoms with van der Waals surface area (Å²) in [6, 6.07) is 5.77. The van der Waals surface area contributed by atoms with Crippen LogP contribution in [0, 0.1) is 23.1 Å². The summed E-state index contributed by atoms with van der Waals surface area (Å²) in [6.45, 7) is 0.378. The minimum atomic E-state index is -4.18. The number of nitrogens with zero attached hydrogens (tertiary/aromatic N) is 2. The number of carbonyl (C=O) groups is 1. The number of nitrogens with one attached hydrogen (secondary N) is 1. The third kappa shape index (κ3) is 4.93. The summed E-state index contributed by atoms with van der Waals surface area (Å²) in [4.78, 5) is 13.5. The number of likely N-dealkylation sites (tertiary alicyclic amines) is 1. The first kappa shape index (κ1) is 18.2. The lowest BCUT2D eigenvalue weighted by atomic mass is 9.96. The highest BCUT2D eigenvalue weighted by atomic mass is 19.4. The topological polar surface area (TPSA) is 56.1 Å². The van der Waals surface area contributed by atoms with Crippen LogP contribution in [0.25, 0.3) is 0 Å². The number of carbonyl (C=O) groups excluding carboxylic acids is 1. The van der Waals surface area contributed by atoms with Crippen LogP contribution in [-0.4, -0.2) is 36.6 Å². The van der Waals surface area contributed by atoms with Crippen LogP contribution < -0.4 is 5.32 Å². The number of hydrogen-bond donors (Lipinski definition) is 1. The van der Waals surface area contributed by atoms with Gasteiger partial charge in [0.15, 0.2) is 0 Å². The number of hydrogen-bond acceptors (Lipinski definition) is 3. The molecular formula is C16H17F4N3O. The van der Waals surface area contributed by atoms with Crippen molar-refractivity contribution in [2.45, 2.75) is 25.6 Å². The first-order valence-corrected chi connectivity index (χ1v) is 7.54. The Hall–Kier alpha value is -2.14. The van der Waals surface area contributed by atoms with Crippen molar-refractivity contribution in [3.63, 3.8) is 0 Å². The van der Waals surface area contributed by atoms with E-state index in [9.17, 15) is 22.4 Å². The molecule has 24 heavy (non-hydrogen) atoms. The molecule has 1 N–H and O–H groups in total. The lowest BCUT2D eigenvalue weighted by molar-refractivity contribution is -0.185. The zero-order valence-electron chi connectivity index (χ0n) is 12.9. The molecule has 4 nitrogen and oxygen atoms in total. The number of amides is 1. The number of nitriles is 1. The van der Waals surface area contributed by atoms with Gasteiger partial charge < -0.3 is 5.32 Å². The quantitative estimate of drug-likeness (QED) is 0.855. The Morgan fingerprint density at radius 3 is 2.54 bits per heavy atom. The van der Waals surface area contributed by atoms with Gasteiger partial charge in [-0.25, -0.2) is 4.39 Å². The smallest absolute Gasteiger partial charge is 0.351 e. The summed E-state index contributed by atoms with van der Waals surface area (Å²) in [6.07, 6.45) is -4.20. The van der Waals surface area contributed by atoms with Crippen molar-refractivity contribution in [1.29, 1.82) is 5.26 Å². The Bertz CT molecular complexity index is 631. The lowest BCUT2D eigenvalue weighted by Crippen LogP contribution is -2.43. The zero-order valence-corrected chi connectivity index (χ0v) is 12.9. The summed E-state index contributed by atoms with van der Waals surface area (Å²) in [7, 11) is 0. The van der Waals surface area contributed by atoms with Crippen molar-refractivity contribution < 1.29 is 22.4 Å². The zero-order chi connectivity index (χ0) is 17.7. The highest BCUT2D eigenvalue weighted by molar-refractivity contribution is 5.78. The molecule has 8 heteroatoms. The molecule has 1 aromatic carbocycles. The predicted molar refractivity (Wildman–Crippen MR) is 78.2 cm³/mol. The van der Waals surface area contributed by atoms with Gasteiger partial charge in [0.25, 0.3) is 0 Å². The van der Waals surface area contributed by atoms with Gasteiger partial charge in [-0.05, 0) is 38.1 Å². The van der Waals surface area contributed by atoms with Gasteiger partial charge in [0.2, 0.25) is 5.91 Å². The molecule has 1 aromatic rings. The second-order valence-electron chi connectivity index (χ2n) is 5.79. The minimum absolute atomic E-state index is 0.0114. The SMILES string of the molecule is N#Cc1ccc(CNC(=O)CN2CCC(C(F)(F)F)CC2)c(F)c1. The Kier molecular flexibility index (Phi) is 5.78. The molecule has 0 aromatic heterocycles. The molecule has 0 bridgehead atoms. The molecule has 0 saturated carbocycles. The number of rotatable bonds is 4. The first-order chi connectivity index (χ1) is 11.3. The van der Waals surface area contributed by atoms with Gasteiger partial charge in [0.1, 0.15) is 5.82 Å². The van der Waals surface area contributed by atoms with E-state index in [1.54, 1.807) is 4.90 Å². The van der Waals surface area contributed by atoms with E-state index in [1.165, 1.54) is 12.1 Å².